The molecule has 4 nitrogen and oxygen atoms in total. The third-order valence-corrected chi connectivity index (χ3v) is 2.98. The number of nitrogens with zero attached hydrogens (tertiary/aromatic N) is 1. The number of pyridine rings is 1. The molecule has 1 heterocycles. The van der Waals surface area contributed by atoms with Crippen LogP contribution in [0.3, 0.4) is 0 Å². The first-order valence-corrected chi connectivity index (χ1v) is 7.34. The van der Waals surface area contributed by atoms with Crippen LogP contribution in [0.2, 0.25) is 0 Å². The summed E-state index contributed by atoms with van der Waals surface area (Å²) in [6, 6.07) is 11.5. The molecular formula is C13H14N2O2S. The number of hydrogen-bond acceptors (Lipinski definition) is 3. The fourth-order valence-electron chi connectivity index (χ4n) is 1.64. The highest BCUT2D eigenvalue weighted by atomic mass is 32.2. The van der Waals surface area contributed by atoms with Crippen molar-refractivity contribution in [3.05, 3.63) is 48.2 Å². The Morgan fingerprint density at radius 1 is 1.11 bits per heavy atom. The highest BCUT2D eigenvalue weighted by Crippen LogP contribution is 2.20. The van der Waals surface area contributed by atoms with E-state index < -0.39 is 10.0 Å². The van der Waals surface area contributed by atoms with Crippen LogP contribution in [0.15, 0.2) is 42.6 Å². The van der Waals surface area contributed by atoms with Crippen molar-refractivity contribution in [2.24, 2.45) is 0 Å². The van der Waals surface area contributed by atoms with Gasteiger partial charge in [0.1, 0.15) is 5.82 Å². The summed E-state index contributed by atoms with van der Waals surface area (Å²) in [5.41, 5.74) is 3.19. The van der Waals surface area contributed by atoms with Crippen LogP contribution in [-0.2, 0) is 10.0 Å². The Morgan fingerprint density at radius 3 is 2.44 bits per heavy atom. The van der Waals surface area contributed by atoms with Crippen LogP contribution in [0.4, 0.5) is 5.82 Å². The van der Waals surface area contributed by atoms with E-state index >= 15 is 0 Å². The summed E-state index contributed by atoms with van der Waals surface area (Å²) in [4.78, 5) is 4.08. The Morgan fingerprint density at radius 2 is 1.89 bits per heavy atom. The summed E-state index contributed by atoms with van der Waals surface area (Å²) in [6.07, 6.45) is 2.76. The summed E-state index contributed by atoms with van der Waals surface area (Å²) in [5.74, 6) is 0.328. The molecule has 2 aromatic rings. The van der Waals surface area contributed by atoms with Crippen LogP contribution < -0.4 is 4.72 Å². The lowest BCUT2D eigenvalue weighted by Crippen LogP contribution is -2.10. The molecule has 5 heteroatoms. The first-order chi connectivity index (χ1) is 8.44. The zero-order chi connectivity index (χ0) is 13.2. The van der Waals surface area contributed by atoms with Crippen molar-refractivity contribution in [1.82, 2.24) is 4.98 Å². The van der Waals surface area contributed by atoms with Gasteiger partial charge in [0.2, 0.25) is 10.0 Å². The molecule has 0 aliphatic rings. The monoisotopic (exact) mass is 262 g/mol. The van der Waals surface area contributed by atoms with Crippen molar-refractivity contribution in [3.63, 3.8) is 0 Å². The number of sulfonamides is 1. The second-order valence-electron chi connectivity index (χ2n) is 4.18. The molecule has 0 radical (unpaired) electrons. The number of nitrogens with one attached hydrogen (secondary N) is 1. The van der Waals surface area contributed by atoms with E-state index in [-0.39, 0.29) is 0 Å². The molecule has 0 atom stereocenters. The Hall–Kier alpha value is -1.88. The fraction of sp³-hybridized carbons (Fsp3) is 0.154. The number of aromatic nitrogens is 1. The zero-order valence-corrected chi connectivity index (χ0v) is 11.0. The van der Waals surface area contributed by atoms with Gasteiger partial charge in [0, 0.05) is 11.8 Å². The third-order valence-electron chi connectivity index (χ3n) is 2.40. The lowest BCUT2D eigenvalue weighted by molar-refractivity contribution is 0.606. The van der Waals surface area contributed by atoms with E-state index in [1.807, 2.05) is 31.2 Å². The van der Waals surface area contributed by atoms with E-state index in [1.54, 1.807) is 12.3 Å². The van der Waals surface area contributed by atoms with Crippen LogP contribution in [0.25, 0.3) is 11.1 Å². The lowest BCUT2D eigenvalue weighted by atomic mass is 10.1. The summed E-state index contributed by atoms with van der Waals surface area (Å²) < 4.78 is 24.4. The molecule has 1 N–H and O–H groups in total. The Balaban J connectivity index is 2.28. The van der Waals surface area contributed by atoms with Crippen LogP contribution >= 0.6 is 0 Å². The van der Waals surface area contributed by atoms with Gasteiger partial charge >= 0.3 is 0 Å². The van der Waals surface area contributed by atoms with Gasteiger partial charge in [-0.3, -0.25) is 4.72 Å². The Kier molecular flexibility index (Phi) is 3.34. The second-order valence-corrected chi connectivity index (χ2v) is 5.92. The van der Waals surface area contributed by atoms with Crippen LogP contribution in [-0.4, -0.2) is 19.7 Å². The van der Waals surface area contributed by atoms with Gasteiger partial charge in [-0.2, -0.15) is 0 Å². The predicted octanol–water partition coefficient (Wildman–Crippen LogP) is 2.43. The van der Waals surface area contributed by atoms with Gasteiger partial charge in [-0.25, -0.2) is 13.4 Å². The van der Waals surface area contributed by atoms with Crippen molar-refractivity contribution in [1.29, 1.82) is 0 Å². The first kappa shape index (κ1) is 12.6. The molecule has 0 saturated carbocycles. The minimum atomic E-state index is -3.27. The number of rotatable bonds is 3. The lowest BCUT2D eigenvalue weighted by Gasteiger charge is -2.05. The highest BCUT2D eigenvalue weighted by Gasteiger charge is 2.03. The molecule has 0 amide bonds. The SMILES string of the molecule is Cc1cccc(-c2ccc(NS(C)(=O)=O)nc2)c1. The Labute approximate surface area is 107 Å². The van der Waals surface area contributed by atoms with E-state index in [2.05, 4.69) is 15.8 Å². The smallest absolute Gasteiger partial charge is 0.230 e. The van der Waals surface area contributed by atoms with Crippen LogP contribution in [0.1, 0.15) is 5.56 Å². The van der Waals surface area contributed by atoms with E-state index in [1.165, 1.54) is 5.56 Å². The third kappa shape index (κ3) is 3.30. The molecule has 0 aliphatic heterocycles. The maximum absolute atomic E-state index is 11.0. The molecule has 0 saturated heterocycles. The standard InChI is InChI=1S/C13H14N2O2S/c1-10-4-3-5-11(8-10)12-6-7-13(14-9-12)15-18(2,16)17/h3-9H,1-2H3,(H,14,15). The topological polar surface area (TPSA) is 59.1 Å². The molecule has 2 rings (SSSR count). The predicted molar refractivity (Wildman–Crippen MR) is 72.9 cm³/mol. The number of hydrogen-bond donors (Lipinski definition) is 1. The van der Waals surface area contributed by atoms with E-state index in [0.717, 1.165) is 17.4 Å². The number of aryl methyl sites for hydroxylation is 1. The largest absolute Gasteiger partial charge is 0.268 e. The van der Waals surface area contributed by atoms with E-state index in [4.69, 9.17) is 0 Å². The number of anilines is 1. The normalized spacial score (nSPS) is 11.2. The first-order valence-electron chi connectivity index (χ1n) is 5.45. The average molecular weight is 262 g/mol. The molecule has 1 aromatic heterocycles. The molecule has 1 aromatic carbocycles. The van der Waals surface area contributed by atoms with Gasteiger partial charge in [-0.05, 0) is 24.6 Å². The van der Waals surface area contributed by atoms with Crippen molar-refractivity contribution < 1.29 is 8.42 Å². The van der Waals surface area contributed by atoms with Gasteiger partial charge in [0.05, 0.1) is 6.26 Å². The molecule has 18 heavy (non-hydrogen) atoms. The summed E-state index contributed by atoms with van der Waals surface area (Å²) in [7, 11) is -3.27. The van der Waals surface area contributed by atoms with Gasteiger partial charge in [-0.15, -0.1) is 0 Å². The summed E-state index contributed by atoms with van der Waals surface area (Å²) >= 11 is 0. The average Bonchev–Trinajstić information content (AvgIpc) is 2.28. The molecule has 0 spiro atoms. The summed E-state index contributed by atoms with van der Waals surface area (Å²) in [6.45, 7) is 2.02. The minimum absolute atomic E-state index is 0.328. The quantitative estimate of drug-likeness (QED) is 0.924. The van der Waals surface area contributed by atoms with Crippen molar-refractivity contribution >= 4 is 15.8 Å². The van der Waals surface area contributed by atoms with E-state index in [9.17, 15) is 8.42 Å². The van der Waals surface area contributed by atoms with Crippen molar-refractivity contribution in [3.8, 4) is 11.1 Å². The summed E-state index contributed by atoms with van der Waals surface area (Å²) in [5, 5.41) is 0. The Bertz CT molecular complexity index is 649. The molecule has 0 bridgehead atoms. The number of benzene rings is 1. The van der Waals surface area contributed by atoms with Crippen molar-refractivity contribution in [2.45, 2.75) is 6.92 Å². The van der Waals surface area contributed by atoms with Crippen LogP contribution in [0, 0.1) is 6.92 Å². The molecule has 0 aliphatic carbocycles. The zero-order valence-electron chi connectivity index (χ0n) is 10.2. The maximum atomic E-state index is 11.0. The van der Waals surface area contributed by atoms with Gasteiger partial charge in [0.25, 0.3) is 0 Å². The van der Waals surface area contributed by atoms with Crippen molar-refractivity contribution in [2.75, 3.05) is 11.0 Å². The van der Waals surface area contributed by atoms with Crippen LogP contribution in [0.5, 0.6) is 0 Å². The molecule has 94 valence electrons. The molecular weight excluding hydrogens is 248 g/mol. The van der Waals surface area contributed by atoms with Gasteiger partial charge < -0.3 is 0 Å². The second kappa shape index (κ2) is 4.78. The van der Waals surface area contributed by atoms with Gasteiger partial charge in [-0.1, -0.05) is 29.8 Å². The maximum Gasteiger partial charge on any atom is 0.230 e. The van der Waals surface area contributed by atoms with Gasteiger partial charge in [0.15, 0.2) is 0 Å². The molecule has 0 fully saturated rings. The minimum Gasteiger partial charge on any atom is -0.268 e. The van der Waals surface area contributed by atoms with E-state index in [0.29, 0.717) is 5.82 Å². The fourth-order valence-corrected chi connectivity index (χ4v) is 2.14. The highest BCUT2D eigenvalue weighted by molar-refractivity contribution is 7.92. The molecule has 0 unspecified atom stereocenters.